The fourth-order valence-electron chi connectivity index (χ4n) is 16.8. The number of rotatable bonds is 10. The van der Waals surface area contributed by atoms with Crippen LogP contribution in [-0.2, 0) is 5.41 Å². The summed E-state index contributed by atoms with van der Waals surface area (Å²) in [6.07, 6.45) is 15.7. The van der Waals surface area contributed by atoms with Crippen molar-refractivity contribution in [2.24, 2.45) is 5.92 Å². The van der Waals surface area contributed by atoms with Crippen molar-refractivity contribution < 1.29 is 9.47 Å². The molecule has 5 atom stereocenters. The van der Waals surface area contributed by atoms with Crippen molar-refractivity contribution in [3.63, 3.8) is 0 Å². The molecule has 7 aliphatic rings. The molecule has 0 bridgehead atoms. The first kappa shape index (κ1) is 56.9. The molecular weight excluding hydrogens is 1210 g/mol. The van der Waals surface area contributed by atoms with E-state index in [0.717, 1.165) is 50.3 Å². The van der Waals surface area contributed by atoms with Gasteiger partial charge in [-0.05, 0) is 157 Å². The van der Waals surface area contributed by atoms with Gasteiger partial charge in [0, 0.05) is 81.6 Å². The van der Waals surface area contributed by atoms with Crippen molar-refractivity contribution in [2.75, 3.05) is 9.80 Å². The highest BCUT2D eigenvalue weighted by Gasteiger charge is 2.56. The molecule has 0 saturated carbocycles. The van der Waals surface area contributed by atoms with Crippen molar-refractivity contribution in [3.8, 4) is 28.7 Å². The van der Waals surface area contributed by atoms with Crippen molar-refractivity contribution in [2.45, 2.75) is 66.4 Å². The number of thioether (sulfide) groups is 2. The summed E-state index contributed by atoms with van der Waals surface area (Å²) in [7, 11) is 0. The number of fused-ring (bicyclic) bond motifs is 13. The fraction of sp³-hybridized carbons (Fsp3) is 0.114. The summed E-state index contributed by atoms with van der Waals surface area (Å²) in [5.74, 6) is 3.04. The molecule has 0 amide bonds. The molecule has 462 valence electrons. The monoisotopic (exact) mass is 1270 g/mol. The van der Waals surface area contributed by atoms with Crippen LogP contribution in [0.1, 0.15) is 59.6 Å². The summed E-state index contributed by atoms with van der Waals surface area (Å²) in [5, 5.41) is 2.33. The third kappa shape index (κ3) is 8.74. The van der Waals surface area contributed by atoms with E-state index >= 15 is 0 Å². The van der Waals surface area contributed by atoms with Crippen molar-refractivity contribution >= 4 is 79.3 Å². The largest absolute Gasteiger partial charge is 0.449 e. The molecule has 0 N–H and O–H groups in total. The van der Waals surface area contributed by atoms with Crippen molar-refractivity contribution in [1.29, 1.82) is 0 Å². The maximum Gasteiger partial charge on any atom is 0.194 e. The fourth-order valence-corrected chi connectivity index (χ4v) is 19.5. The van der Waals surface area contributed by atoms with Crippen molar-refractivity contribution in [1.82, 2.24) is 9.47 Å². The zero-order valence-electron chi connectivity index (χ0n) is 53.4. The van der Waals surface area contributed by atoms with Crippen LogP contribution in [0.3, 0.4) is 0 Å². The number of benzene rings is 11. The number of hydrogen-bond acceptors (Lipinski definition) is 7. The lowest BCUT2D eigenvalue weighted by atomic mass is 9.65. The molecule has 5 unspecified atom stereocenters. The summed E-state index contributed by atoms with van der Waals surface area (Å²) < 4.78 is 17.8. The quantitative estimate of drug-likeness (QED) is 0.135. The van der Waals surface area contributed by atoms with Gasteiger partial charge in [-0.25, -0.2) is 0 Å². The minimum absolute atomic E-state index is 0.0213. The van der Waals surface area contributed by atoms with Crippen LogP contribution in [-0.4, -0.2) is 27.6 Å². The van der Waals surface area contributed by atoms with Gasteiger partial charge in [0.05, 0.1) is 40.3 Å². The van der Waals surface area contributed by atoms with Gasteiger partial charge in [-0.2, -0.15) is 0 Å². The first-order valence-corrected chi connectivity index (χ1v) is 35.1. The van der Waals surface area contributed by atoms with E-state index in [4.69, 9.17) is 9.47 Å². The molecule has 0 saturated heterocycles. The second-order valence-corrected chi connectivity index (χ2v) is 28.5. The number of anilines is 5. The summed E-state index contributed by atoms with van der Waals surface area (Å²) in [6, 6.07) is 98.1. The standard InChI is InChI=1S/C88H66N4O2S2/c1-55-40-43-62(44-41-55)89(63-45-48-74-67(51-63)65-32-16-18-34-72(65)90(74)60-28-12-6-13-29-60)76-53-69-82(85-84(76)93-78-36-20-21-37-79(78)94-85)83-70(88(69,58-24-8-4-9-25-58)59-26-10-5-11-27-59)54-77(86-87(83)96-81-39-23-22-38-80(81)95-86)92(71-47-42-56(2)50-57(71)3)64-46-49-75-68(52-64)66-33-17-19-35-73(66)91(75)61-30-14-7-15-31-61/h4-53,57,68,71,75,77H,54H2,1-3H3. The van der Waals surface area contributed by atoms with E-state index in [1.54, 1.807) is 0 Å². The van der Waals surface area contributed by atoms with Crippen LogP contribution in [0.5, 0.6) is 23.0 Å². The smallest absolute Gasteiger partial charge is 0.194 e. The molecular formula is C88H66N4O2S2. The molecule has 96 heavy (non-hydrogen) atoms. The van der Waals surface area contributed by atoms with E-state index in [-0.39, 0.29) is 30.0 Å². The van der Waals surface area contributed by atoms with E-state index < -0.39 is 5.41 Å². The number of para-hydroxylation sites is 6. The average molecular weight is 1280 g/mol. The molecule has 19 rings (SSSR count). The molecule has 8 heteroatoms. The maximum atomic E-state index is 7.77. The Hall–Kier alpha value is -10.6. The number of nitrogens with zero attached hydrogens (tertiary/aromatic N) is 4. The summed E-state index contributed by atoms with van der Waals surface area (Å²) >= 11 is 3.89. The van der Waals surface area contributed by atoms with E-state index in [1.807, 2.05) is 35.7 Å². The number of allylic oxidation sites excluding steroid dienone is 4. The Labute approximate surface area is 568 Å². The second-order valence-electron chi connectivity index (χ2n) is 26.3. The van der Waals surface area contributed by atoms with Gasteiger partial charge in [0.15, 0.2) is 23.0 Å². The summed E-state index contributed by atoms with van der Waals surface area (Å²) in [5.41, 5.74) is 20.1. The van der Waals surface area contributed by atoms with E-state index in [1.165, 1.54) is 81.0 Å². The molecule has 0 fully saturated rings. The topological polar surface area (TPSA) is 33.1 Å². The molecule has 1 aromatic heterocycles. The van der Waals surface area contributed by atoms with Gasteiger partial charge in [0.1, 0.15) is 0 Å². The van der Waals surface area contributed by atoms with Gasteiger partial charge >= 0.3 is 0 Å². The van der Waals surface area contributed by atoms with Gasteiger partial charge in [-0.3, -0.25) is 0 Å². The molecule has 6 nitrogen and oxygen atoms in total. The number of aromatic nitrogens is 1. The first-order valence-electron chi connectivity index (χ1n) is 33.5. The van der Waals surface area contributed by atoms with Crippen molar-refractivity contribution in [3.05, 3.63) is 363 Å². The molecule has 11 aromatic carbocycles. The second kappa shape index (κ2) is 22.5. The normalized spacial score (nSPS) is 19.8. The van der Waals surface area contributed by atoms with Crippen LogP contribution < -0.4 is 19.3 Å². The van der Waals surface area contributed by atoms with Gasteiger partial charge < -0.3 is 28.7 Å². The van der Waals surface area contributed by atoms with Crippen LogP contribution in [0, 0.1) is 12.8 Å². The van der Waals surface area contributed by atoms with Crippen LogP contribution in [0.4, 0.5) is 28.4 Å². The lowest BCUT2D eigenvalue weighted by Gasteiger charge is -2.48. The van der Waals surface area contributed by atoms with Crippen LogP contribution in [0.15, 0.2) is 340 Å². The molecule has 0 radical (unpaired) electrons. The lowest BCUT2D eigenvalue weighted by Crippen LogP contribution is -2.48. The zero-order valence-corrected chi connectivity index (χ0v) is 55.0. The molecule has 12 aromatic rings. The highest BCUT2D eigenvalue weighted by atomic mass is 32.2. The van der Waals surface area contributed by atoms with Gasteiger partial charge in [0.25, 0.3) is 0 Å². The summed E-state index contributed by atoms with van der Waals surface area (Å²) in [4.78, 5) is 13.0. The predicted molar refractivity (Wildman–Crippen MR) is 397 cm³/mol. The van der Waals surface area contributed by atoms with Crippen LogP contribution in [0.2, 0.25) is 0 Å². The maximum absolute atomic E-state index is 7.77. The number of aryl methyl sites for hydroxylation is 1. The highest BCUT2D eigenvalue weighted by Crippen LogP contribution is 2.70. The minimum Gasteiger partial charge on any atom is -0.449 e. The Morgan fingerprint density at radius 3 is 1.88 bits per heavy atom. The van der Waals surface area contributed by atoms with Gasteiger partial charge in [-0.1, -0.05) is 242 Å². The molecule has 4 aliphatic carbocycles. The lowest BCUT2D eigenvalue weighted by molar-refractivity contribution is 0.211. The van der Waals surface area contributed by atoms with Crippen LogP contribution in [0.25, 0.3) is 33.1 Å². The van der Waals surface area contributed by atoms with E-state index in [2.05, 4.69) is 331 Å². The molecule has 3 aliphatic heterocycles. The van der Waals surface area contributed by atoms with Crippen LogP contribution >= 0.6 is 23.5 Å². The Kier molecular flexibility index (Phi) is 13.3. The Morgan fingerprint density at radius 2 is 1.15 bits per heavy atom. The Morgan fingerprint density at radius 1 is 0.531 bits per heavy atom. The molecule has 0 spiro atoms. The minimum atomic E-state index is -0.860. The molecule has 4 heterocycles. The Balaban J connectivity index is 0.886. The first-order chi connectivity index (χ1) is 47.3. The van der Waals surface area contributed by atoms with Gasteiger partial charge in [0.2, 0.25) is 0 Å². The number of hydrogen-bond donors (Lipinski definition) is 0. The van der Waals surface area contributed by atoms with E-state index in [0.29, 0.717) is 29.4 Å². The number of ether oxygens (including phenoxy) is 2. The Bertz CT molecular complexity index is 5320. The van der Waals surface area contributed by atoms with Gasteiger partial charge in [-0.15, -0.1) is 0 Å². The SMILES string of the molecule is CC1=CC(C)C(N(C2=CC3c4ccccc4N(c4ccccc4)C3C=C2)C2CC3=C(C4=C2Sc2ccccc2S4)c2c(cc(N(c4ccc(C)cc4)c4ccc5c(c4)c4ccccc4n5-c4ccccc4)c4c2Oc2ccccc2O4)C3(c2ccccc2)c2ccccc2)C=C1. The highest BCUT2D eigenvalue weighted by molar-refractivity contribution is 8.09. The third-order valence-electron chi connectivity index (χ3n) is 20.9. The third-order valence-corrected chi connectivity index (χ3v) is 23.6. The van der Waals surface area contributed by atoms with E-state index in [9.17, 15) is 0 Å². The predicted octanol–water partition coefficient (Wildman–Crippen LogP) is 23.0. The average Bonchev–Trinajstić information content (AvgIpc) is 1.50. The summed E-state index contributed by atoms with van der Waals surface area (Å²) in [6.45, 7) is 6.84. The zero-order chi connectivity index (χ0) is 63.8.